The van der Waals surface area contributed by atoms with Gasteiger partial charge in [0.25, 0.3) is 0 Å². The number of oxime groups is 2. The van der Waals surface area contributed by atoms with E-state index < -0.39 is 24.1 Å². The molecule has 0 unspecified atom stereocenters. The first kappa shape index (κ1) is 37.2. The average Bonchev–Trinajstić information content (AvgIpc) is 3.41. The summed E-state index contributed by atoms with van der Waals surface area (Å²) in [5.74, 6) is 0. The normalized spacial score (nSPS) is 12.7. The fourth-order valence-electron chi connectivity index (χ4n) is 5.90. The summed E-state index contributed by atoms with van der Waals surface area (Å²) in [7, 11) is 0. The van der Waals surface area contributed by atoms with Crippen LogP contribution in [0, 0.1) is 0 Å². The molecule has 0 aliphatic rings. The number of halogens is 3. The second-order valence-electron chi connectivity index (χ2n) is 11.5. The van der Waals surface area contributed by atoms with E-state index in [0.29, 0.717) is 60.3 Å². The Morgan fingerprint density at radius 1 is 0.796 bits per heavy atom. The van der Waals surface area contributed by atoms with Crippen molar-refractivity contribution >= 4 is 56.2 Å². The van der Waals surface area contributed by atoms with E-state index in [0.717, 1.165) is 16.3 Å². The summed E-state index contributed by atoms with van der Waals surface area (Å²) >= 11 is 0. The zero-order chi connectivity index (χ0) is 35.9. The Labute approximate surface area is 284 Å². The molecule has 10 nitrogen and oxygen atoms in total. The molecule has 3 aromatic carbocycles. The van der Waals surface area contributed by atoms with Crippen molar-refractivity contribution in [3.8, 4) is 0 Å². The maximum Gasteiger partial charge on any atom is 0.437 e. The van der Waals surface area contributed by atoms with Crippen molar-refractivity contribution in [3.05, 3.63) is 59.7 Å². The van der Waals surface area contributed by atoms with E-state index in [1.807, 2.05) is 65.0 Å². The first-order valence-electron chi connectivity index (χ1n) is 16.6. The van der Waals surface area contributed by atoms with Crippen LogP contribution in [0.1, 0.15) is 72.1 Å². The predicted octanol–water partition coefficient (Wildman–Crippen LogP) is 8.88. The van der Waals surface area contributed by atoms with Crippen molar-refractivity contribution in [2.75, 3.05) is 39.4 Å². The lowest BCUT2D eigenvalue weighted by atomic mass is 9.95. The van der Waals surface area contributed by atoms with E-state index in [2.05, 4.69) is 14.9 Å². The van der Waals surface area contributed by atoms with Crippen LogP contribution in [0.3, 0.4) is 0 Å². The molecule has 4 rings (SSSR count). The number of carbonyl (C=O) groups is 2. The maximum atomic E-state index is 14.4. The number of alkyl halides is 3. The molecule has 0 aliphatic heterocycles. The SMILES string of the molecule is CCOCC/C(=N\OC(=O)N(CC)CC)c1cc2c3cc(/C(=N/OC(=O)N(CC)CC)C(F)(F)F)ccc3n(C(C)C)c2c2ccccc12. The summed E-state index contributed by atoms with van der Waals surface area (Å²) in [6.07, 6.45) is -6.17. The molecule has 1 heterocycles. The van der Waals surface area contributed by atoms with Gasteiger partial charge in [-0.05, 0) is 72.1 Å². The number of aromatic nitrogens is 1. The van der Waals surface area contributed by atoms with Crippen LogP contribution in [0.5, 0.6) is 0 Å². The van der Waals surface area contributed by atoms with Crippen LogP contribution in [0.4, 0.5) is 22.8 Å². The number of hydrogen-bond acceptors (Lipinski definition) is 7. The summed E-state index contributed by atoms with van der Waals surface area (Å²) < 4.78 is 51.0. The molecule has 4 aromatic rings. The Morgan fingerprint density at radius 3 is 1.94 bits per heavy atom. The number of carbonyl (C=O) groups excluding carboxylic acids is 2. The van der Waals surface area contributed by atoms with Gasteiger partial charge in [0, 0.05) is 78.1 Å². The molecule has 49 heavy (non-hydrogen) atoms. The smallest absolute Gasteiger partial charge is 0.381 e. The topological polar surface area (TPSA) is 98.0 Å². The molecule has 0 spiro atoms. The number of amides is 2. The lowest BCUT2D eigenvalue weighted by Crippen LogP contribution is -2.31. The van der Waals surface area contributed by atoms with Crippen molar-refractivity contribution in [1.82, 2.24) is 14.4 Å². The van der Waals surface area contributed by atoms with Crippen LogP contribution >= 0.6 is 0 Å². The van der Waals surface area contributed by atoms with Crippen molar-refractivity contribution in [2.24, 2.45) is 10.3 Å². The van der Waals surface area contributed by atoms with E-state index >= 15 is 0 Å². The third-order valence-corrected chi connectivity index (χ3v) is 8.35. The molecule has 0 atom stereocenters. The third-order valence-electron chi connectivity index (χ3n) is 8.35. The average molecular weight is 684 g/mol. The zero-order valence-electron chi connectivity index (χ0n) is 29.1. The second-order valence-corrected chi connectivity index (χ2v) is 11.5. The first-order chi connectivity index (χ1) is 23.4. The standard InChI is InChI=1S/C36H44F3N5O5/c1-8-42(9-2)34(45)48-40-30(19-20-47-12-5)27-22-29-28-21-24(33(36(37,38)39)41-49-35(46)43(10-3)11-4)17-18-31(28)44(23(6)7)32(29)26-16-14-13-15-25(26)27/h13-18,21-23H,8-12,19-20H2,1-7H3/b40-30+,41-33-. The third kappa shape index (κ3) is 7.98. The van der Waals surface area contributed by atoms with Gasteiger partial charge in [-0.2, -0.15) is 13.2 Å². The van der Waals surface area contributed by atoms with Gasteiger partial charge < -0.3 is 19.1 Å². The van der Waals surface area contributed by atoms with Gasteiger partial charge in [-0.1, -0.05) is 40.6 Å². The largest absolute Gasteiger partial charge is 0.437 e. The molecule has 13 heteroatoms. The number of hydrogen-bond donors (Lipinski definition) is 0. The summed E-state index contributed by atoms with van der Waals surface area (Å²) in [4.78, 5) is 38.1. The highest BCUT2D eigenvalue weighted by atomic mass is 19.4. The van der Waals surface area contributed by atoms with Crippen LogP contribution in [-0.4, -0.2) is 83.5 Å². The monoisotopic (exact) mass is 683 g/mol. The molecule has 0 aliphatic carbocycles. The molecular weight excluding hydrogens is 639 g/mol. The van der Waals surface area contributed by atoms with Gasteiger partial charge in [-0.3, -0.25) is 9.68 Å². The molecule has 0 saturated carbocycles. The fourth-order valence-corrected chi connectivity index (χ4v) is 5.90. The van der Waals surface area contributed by atoms with E-state index in [4.69, 9.17) is 14.4 Å². The molecule has 1 aromatic heterocycles. The quantitative estimate of drug-likeness (QED) is 0.0607. The molecule has 0 N–H and O–H groups in total. The maximum absolute atomic E-state index is 14.4. The minimum atomic E-state index is -4.92. The highest BCUT2D eigenvalue weighted by Gasteiger charge is 2.39. The highest BCUT2D eigenvalue weighted by molar-refractivity contribution is 6.24. The van der Waals surface area contributed by atoms with Gasteiger partial charge in [0.05, 0.1) is 17.8 Å². The van der Waals surface area contributed by atoms with Crippen LogP contribution in [0.15, 0.2) is 58.8 Å². The fraction of sp³-hybridized carbons (Fsp3) is 0.444. The summed E-state index contributed by atoms with van der Waals surface area (Å²) in [6, 6.07) is 13.9. The van der Waals surface area contributed by atoms with Gasteiger partial charge in [0.1, 0.15) is 0 Å². The number of rotatable bonds is 13. The van der Waals surface area contributed by atoms with Gasteiger partial charge in [-0.25, -0.2) is 9.59 Å². The summed E-state index contributed by atoms with van der Waals surface area (Å²) in [5.41, 5.74) is 1.05. The number of ether oxygens (including phenoxy) is 1. The number of fused-ring (bicyclic) bond motifs is 5. The molecule has 264 valence electrons. The first-order valence-corrected chi connectivity index (χ1v) is 16.6. The van der Waals surface area contributed by atoms with Crippen molar-refractivity contribution in [1.29, 1.82) is 0 Å². The Balaban J connectivity index is 2.01. The number of benzene rings is 3. The minimum Gasteiger partial charge on any atom is -0.381 e. The molecule has 0 fully saturated rings. The summed E-state index contributed by atoms with van der Waals surface area (Å²) in [6.45, 7) is 15.1. The van der Waals surface area contributed by atoms with E-state index in [1.165, 1.54) is 21.9 Å². The predicted molar refractivity (Wildman–Crippen MR) is 186 cm³/mol. The van der Waals surface area contributed by atoms with Crippen molar-refractivity contribution in [3.63, 3.8) is 0 Å². The van der Waals surface area contributed by atoms with E-state index in [9.17, 15) is 22.8 Å². The van der Waals surface area contributed by atoms with Gasteiger partial charge in [0.2, 0.25) is 0 Å². The van der Waals surface area contributed by atoms with Crippen molar-refractivity contribution < 1.29 is 37.2 Å². The Kier molecular flexibility index (Phi) is 12.3. The van der Waals surface area contributed by atoms with E-state index in [-0.39, 0.29) is 24.7 Å². The number of nitrogens with zero attached hydrogens (tertiary/aromatic N) is 5. The van der Waals surface area contributed by atoms with Gasteiger partial charge >= 0.3 is 18.4 Å². The van der Waals surface area contributed by atoms with Crippen LogP contribution in [0.2, 0.25) is 0 Å². The van der Waals surface area contributed by atoms with Gasteiger partial charge in [0.15, 0.2) is 5.71 Å². The highest BCUT2D eigenvalue weighted by Crippen LogP contribution is 2.39. The van der Waals surface area contributed by atoms with Crippen LogP contribution in [0.25, 0.3) is 32.6 Å². The minimum absolute atomic E-state index is 0.0630. The lowest BCUT2D eigenvalue weighted by molar-refractivity contribution is -0.0604. The van der Waals surface area contributed by atoms with Crippen LogP contribution in [-0.2, 0) is 14.4 Å². The molecule has 0 bridgehead atoms. The van der Waals surface area contributed by atoms with Crippen molar-refractivity contribution in [2.45, 2.75) is 67.1 Å². The second kappa shape index (κ2) is 16.2. The Bertz CT molecular complexity index is 1860. The van der Waals surface area contributed by atoms with Crippen LogP contribution < -0.4 is 0 Å². The van der Waals surface area contributed by atoms with Gasteiger partial charge in [-0.15, -0.1) is 0 Å². The van der Waals surface area contributed by atoms with E-state index in [1.54, 1.807) is 19.9 Å². The summed E-state index contributed by atoms with van der Waals surface area (Å²) in [5, 5.41) is 10.5. The zero-order valence-corrected chi connectivity index (χ0v) is 29.1. The lowest BCUT2D eigenvalue weighted by Gasteiger charge is -2.17. The Morgan fingerprint density at radius 2 is 1.39 bits per heavy atom. The molecule has 0 saturated heterocycles. The molecular formula is C36H44F3N5O5. The Hall–Kier alpha value is -4.65. The molecule has 0 radical (unpaired) electrons. The molecule has 2 amide bonds.